The van der Waals surface area contributed by atoms with Crippen molar-refractivity contribution in [1.29, 1.82) is 0 Å². The number of nitrogens with zero attached hydrogens (tertiary/aromatic N) is 3. The van der Waals surface area contributed by atoms with E-state index in [1.807, 2.05) is 32.6 Å². The van der Waals surface area contributed by atoms with Gasteiger partial charge in [0.25, 0.3) is 0 Å². The van der Waals surface area contributed by atoms with E-state index in [0.717, 1.165) is 0 Å². The van der Waals surface area contributed by atoms with Crippen molar-refractivity contribution < 1.29 is 19.6 Å². The zero-order valence-corrected chi connectivity index (χ0v) is 14.4. The van der Waals surface area contributed by atoms with Gasteiger partial charge in [0.2, 0.25) is 0 Å². The third-order valence-electron chi connectivity index (χ3n) is 3.78. The van der Waals surface area contributed by atoms with Gasteiger partial charge in [-0.15, -0.1) is 0 Å². The molecule has 1 aliphatic rings. The quantitative estimate of drug-likeness (QED) is 0.658. The lowest BCUT2D eigenvalue weighted by Crippen LogP contribution is -2.55. The maximum Gasteiger partial charge on any atom is 0.410 e. The third kappa shape index (κ3) is 4.06. The number of carbonyl (C=O) groups is 1. The van der Waals surface area contributed by atoms with E-state index in [-0.39, 0.29) is 23.6 Å². The molecule has 0 bridgehead atoms. The van der Waals surface area contributed by atoms with Gasteiger partial charge in [-0.2, -0.15) is 0 Å². The molecule has 1 aliphatic heterocycles. The van der Waals surface area contributed by atoms with Crippen molar-refractivity contribution in [2.45, 2.75) is 39.3 Å². The van der Waals surface area contributed by atoms with E-state index in [4.69, 9.17) is 4.74 Å². The van der Waals surface area contributed by atoms with Gasteiger partial charge in [0, 0.05) is 43.5 Å². The van der Waals surface area contributed by atoms with Crippen molar-refractivity contribution in [3.63, 3.8) is 0 Å². The Morgan fingerprint density at radius 1 is 1.38 bits per heavy atom. The molecule has 0 radical (unpaired) electrons. The Hall–Kier alpha value is -2.51. The molecule has 132 valence electrons. The van der Waals surface area contributed by atoms with Crippen LogP contribution < -0.4 is 4.90 Å². The molecule has 8 heteroatoms. The summed E-state index contributed by atoms with van der Waals surface area (Å²) in [5.74, 6) is -0.361. The second-order valence-corrected chi connectivity index (χ2v) is 6.90. The SMILES string of the molecule is C[C@H]1CN(c2ccc([N+](=O)[O-])c(O)c2)CCN1C(=O)OC(C)(C)C. The standard InChI is InChI=1S/C16H23N3O5/c1-11-10-17(7-8-18(11)15(21)24-16(2,3)4)12-5-6-13(19(22)23)14(20)9-12/h5-6,9,11,20H,7-8,10H2,1-4H3/t11-/m0/s1. The van der Waals surface area contributed by atoms with Crippen LogP contribution in [0.15, 0.2) is 18.2 Å². The monoisotopic (exact) mass is 337 g/mol. The molecule has 0 spiro atoms. The molecule has 24 heavy (non-hydrogen) atoms. The van der Waals surface area contributed by atoms with Gasteiger partial charge in [0.05, 0.1) is 4.92 Å². The van der Waals surface area contributed by atoms with E-state index in [1.165, 1.54) is 12.1 Å². The Kier molecular flexibility index (Phi) is 4.86. The Morgan fingerprint density at radius 3 is 2.54 bits per heavy atom. The number of nitro benzene ring substituents is 1. The number of hydrogen-bond donors (Lipinski definition) is 1. The molecule has 8 nitrogen and oxygen atoms in total. The minimum Gasteiger partial charge on any atom is -0.502 e. The van der Waals surface area contributed by atoms with Crippen molar-refractivity contribution in [3.05, 3.63) is 28.3 Å². The maximum atomic E-state index is 12.2. The number of hydrogen-bond acceptors (Lipinski definition) is 6. The highest BCUT2D eigenvalue weighted by molar-refractivity contribution is 5.69. The average Bonchev–Trinajstić information content (AvgIpc) is 2.44. The lowest BCUT2D eigenvalue weighted by atomic mass is 10.1. The van der Waals surface area contributed by atoms with E-state index in [9.17, 15) is 20.0 Å². The van der Waals surface area contributed by atoms with Gasteiger partial charge in [0.1, 0.15) is 5.60 Å². The van der Waals surface area contributed by atoms with E-state index < -0.39 is 10.5 Å². The van der Waals surface area contributed by atoms with Gasteiger partial charge in [0.15, 0.2) is 5.75 Å². The summed E-state index contributed by atoms with van der Waals surface area (Å²) in [7, 11) is 0. The number of ether oxygens (including phenoxy) is 1. The molecule has 2 rings (SSSR count). The summed E-state index contributed by atoms with van der Waals surface area (Å²) in [6.07, 6.45) is -0.346. The largest absolute Gasteiger partial charge is 0.502 e. The first-order valence-electron chi connectivity index (χ1n) is 7.80. The lowest BCUT2D eigenvalue weighted by molar-refractivity contribution is -0.385. The van der Waals surface area contributed by atoms with Crippen LogP contribution in [0.25, 0.3) is 0 Å². The molecule has 1 fully saturated rings. The number of carbonyl (C=O) groups excluding carboxylic acids is 1. The molecule has 1 aromatic carbocycles. The third-order valence-corrected chi connectivity index (χ3v) is 3.78. The smallest absolute Gasteiger partial charge is 0.410 e. The topological polar surface area (TPSA) is 96.1 Å². The molecule has 1 aromatic rings. The number of nitro groups is 1. The molecule has 0 unspecified atom stereocenters. The van der Waals surface area contributed by atoms with Gasteiger partial charge in [-0.3, -0.25) is 10.1 Å². The highest BCUT2D eigenvalue weighted by Gasteiger charge is 2.31. The minimum absolute atomic E-state index is 0.0778. The normalized spacial score (nSPS) is 18.4. The van der Waals surface area contributed by atoms with Crippen LogP contribution in [-0.4, -0.2) is 52.3 Å². The van der Waals surface area contributed by atoms with E-state index in [1.54, 1.807) is 11.0 Å². The molecule has 1 amide bonds. The summed E-state index contributed by atoms with van der Waals surface area (Å²) >= 11 is 0. The highest BCUT2D eigenvalue weighted by atomic mass is 16.6. The Balaban J connectivity index is 2.07. The van der Waals surface area contributed by atoms with E-state index >= 15 is 0 Å². The molecular formula is C16H23N3O5. The zero-order valence-electron chi connectivity index (χ0n) is 14.4. The first-order chi connectivity index (χ1) is 11.1. The fourth-order valence-electron chi connectivity index (χ4n) is 2.65. The van der Waals surface area contributed by atoms with Gasteiger partial charge in [-0.05, 0) is 33.8 Å². The van der Waals surface area contributed by atoms with Gasteiger partial charge in [-0.1, -0.05) is 0 Å². The summed E-state index contributed by atoms with van der Waals surface area (Å²) in [5, 5.41) is 20.5. The molecule has 0 aromatic heterocycles. The molecule has 0 aliphatic carbocycles. The number of amides is 1. The first kappa shape index (κ1) is 17.8. The van der Waals surface area contributed by atoms with Crippen molar-refractivity contribution in [2.75, 3.05) is 24.5 Å². The summed E-state index contributed by atoms with van der Waals surface area (Å²) in [6, 6.07) is 4.20. The van der Waals surface area contributed by atoms with Crippen LogP contribution in [0.5, 0.6) is 5.75 Å². The summed E-state index contributed by atoms with van der Waals surface area (Å²) < 4.78 is 5.40. The Labute approximate surface area is 140 Å². The van der Waals surface area contributed by atoms with Crippen molar-refractivity contribution >= 4 is 17.5 Å². The summed E-state index contributed by atoms with van der Waals surface area (Å²) in [5.41, 5.74) is -0.175. The number of aromatic hydroxyl groups is 1. The van der Waals surface area contributed by atoms with Crippen LogP contribution in [0.3, 0.4) is 0 Å². The number of anilines is 1. The van der Waals surface area contributed by atoms with Gasteiger partial charge >= 0.3 is 11.8 Å². The Morgan fingerprint density at radius 2 is 2.04 bits per heavy atom. The molecule has 0 saturated carbocycles. The summed E-state index contributed by atoms with van der Waals surface area (Å²) in [6.45, 7) is 8.98. The van der Waals surface area contributed by atoms with Crippen LogP contribution in [0, 0.1) is 10.1 Å². The maximum absolute atomic E-state index is 12.2. The van der Waals surface area contributed by atoms with E-state index in [2.05, 4.69) is 0 Å². The number of rotatable bonds is 2. The molecule has 1 heterocycles. The van der Waals surface area contributed by atoms with Crippen LogP contribution >= 0.6 is 0 Å². The first-order valence-corrected chi connectivity index (χ1v) is 7.80. The molecule has 1 saturated heterocycles. The van der Waals surface area contributed by atoms with Crippen molar-refractivity contribution in [3.8, 4) is 5.75 Å². The van der Waals surface area contributed by atoms with Crippen LogP contribution in [-0.2, 0) is 4.74 Å². The van der Waals surface area contributed by atoms with Crippen LogP contribution in [0.2, 0.25) is 0 Å². The van der Waals surface area contributed by atoms with Gasteiger partial charge in [-0.25, -0.2) is 4.79 Å². The van der Waals surface area contributed by atoms with Gasteiger partial charge < -0.3 is 19.6 Å². The minimum atomic E-state index is -0.623. The second-order valence-electron chi connectivity index (χ2n) is 6.90. The number of piperazine rings is 1. The lowest BCUT2D eigenvalue weighted by Gasteiger charge is -2.41. The fraction of sp³-hybridized carbons (Fsp3) is 0.562. The van der Waals surface area contributed by atoms with Crippen LogP contribution in [0.4, 0.5) is 16.2 Å². The molecule has 1 N–H and O–H groups in total. The summed E-state index contributed by atoms with van der Waals surface area (Å²) in [4.78, 5) is 26.0. The Bertz CT molecular complexity index is 641. The van der Waals surface area contributed by atoms with E-state index in [0.29, 0.717) is 25.3 Å². The predicted molar refractivity (Wildman–Crippen MR) is 89.4 cm³/mol. The number of phenolic OH excluding ortho intramolecular Hbond substituents is 1. The average molecular weight is 337 g/mol. The zero-order chi connectivity index (χ0) is 18.1. The second kappa shape index (κ2) is 6.54. The fourth-order valence-corrected chi connectivity index (χ4v) is 2.65. The number of phenols is 1. The molecule has 1 atom stereocenters. The highest BCUT2D eigenvalue weighted by Crippen LogP contribution is 2.31. The van der Waals surface area contributed by atoms with Crippen LogP contribution in [0.1, 0.15) is 27.7 Å². The molecular weight excluding hydrogens is 314 g/mol. The van der Waals surface area contributed by atoms with Crippen molar-refractivity contribution in [2.24, 2.45) is 0 Å². The van der Waals surface area contributed by atoms with Crippen molar-refractivity contribution in [1.82, 2.24) is 4.90 Å². The predicted octanol–water partition coefficient (Wildman–Crippen LogP) is 2.75. The number of benzene rings is 1.